The Labute approximate surface area is 138 Å². The number of fused-ring (bicyclic) bond motifs is 1. The van der Waals surface area contributed by atoms with Gasteiger partial charge in [-0.1, -0.05) is 0 Å². The average Bonchev–Trinajstić information content (AvgIpc) is 3.12. The molecule has 124 valence electrons. The first-order valence-corrected chi connectivity index (χ1v) is 8.39. The zero-order chi connectivity index (χ0) is 16.8. The minimum atomic E-state index is -0.545. The largest absolute Gasteiger partial charge is 0.464 e. The predicted molar refractivity (Wildman–Crippen MR) is 86.2 cm³/mol. The van der Waals surface area contributed by atoms with E-state index in [0.717, 1.165) is 12.1 Å². The molecule has 3 rings (SSSR count). The fourth-order valence-corrected chi connectivity index (χ4v) is 4.61. The number of methoxy groups -OCH3 is 1. The number of hydrogen-bond donors (Lipinski definition) is 2. The van der Waals surface area contributed by atoms with Crippen LogP contribution in [-0.2, 0) is 14.3 Å². The van der Waals surface area contributed by atoms with Crippen LogP contribution < -0.4 is 5.32 Å². The monoisotopic (exact) mass is 337 g/mol. The molecule has 0 spiro atoms. The van der Waals surface area contributed by atoms with Gasteiger partial charge in [0.15, 0.2) is 0 Å². The summed E-state index contributed by atoms with van der Waals surface area (Å²) in [6.07, 6.45) is 1.24. The summed E-state index contributed by atoms with van der Waals surface area (Å²) in [5.41, 5.74) is 1.33. The smallest absolute Gasteiger partial charge is 0.356 e. The number of hydrogen-bond acceptors (Lipinski definition) is 5. The second-order valence-electron chi connectivity index (χ2n) is 5.99. The van der Waals surface area contributed by atoms with Gasteiger partial charge in [-0.05, 0) is 26.3 Å². The lowest BCUT2D eigenvalue weighted by Crippen LogP contribution is -2.48. The second kappa shape index (κ2) is 5.59. The number of amides is 2. The molecule has 0 saturated carbocycles. The molecule has 0 radical (unpaired) electrons. The van der Waals surface area contributed by atoms with E-state index in [2.05, 4.69) is 10.3 Å². The minimum absolute atomic E-state index is 0.0103. The van der Waals surface area contributed by atoms with E-state index in [1.807, 2.05) is 6.92 Å². The van der Waals surface area contributed by atoms with Crippen molar-refractivity contribution in [1.82, 2.24) is 9.88 Å². The maximum absolute atomic E-state index is 12.6. The Bertz CT molecular complexity index is 686. The standard InChI is InChI=1S/C15H19N3O4S/c1-8-6-9(12(16-8)14(21)22-3)17-13(20)10-7-23-15(2)5-4-11(19)18(10)15/h6,10,16H,4-5,7H2,1-3H3,(H,17,20)/t10-,15-/m0/s1. The van der Waals surface area contributed by atoms with Crippen LogP contribution in [0, 0.1) is 6.92 Å². The topological polar surface area (TPSA) is 91.5 Å². The summed E-state index contributed by atoms with van der Waals surface area (Å²) in [5, 5.41) is 2.76. The Hall–Kier alpha value is -1.96. The molecule has 0 aliphatic carbocycles. The highest BCUT2D eigenvalue weighted by molar-refractivity contribution is 8.01. The fourth-order valence-electron chi connectivity index (χ4n) is 3.18. The first-order chi connectivity index (χ1) is 10.9. The number of rotatable bonds is 3. The number of nitrogens with one attached hydrogen (secondary N) is 2. The maximum Gasteiger partial charge on any atom is 0.356 e. The van der Waals surface area contributed by atoms with Crippen LogP contribution in [0.5, 0.6) is 0 Å². The van der Waals surface area contributed by atoms with E-state index in [1.54, 1.807) is 29.7 Å². The summed E-state index contributed by atoms with van der Waals surface area (Å²) in [7, 11) is 1.28. The fraction of sp³-hybridized carbons (Fsp3) is 0.533. The van der Waals surface area contributed by atoms with Gasteiger partial charge in [0.05, 0.1) is 17.7 Å². The molecule has 2 atom stereocenters. The summed E-state index contributed by atoms with van der Waals surface area (Å²) >= 11 is 1.63. The van der Waals surface area contributed by atoms with Gasteiger partial charge in [-0.2, -0.15) is 0 Å². The molecule has 8 heteroatoms. The highest BCUT2D eigenvalue weighted by Gasteiger charge is 2.52. The first kappa shape index (κ1) is 15.9. The van der Waals surface area contributed by atoms with Crippen molar-refractivity contribution in [2.75, 3.05) is 18.2 Å². The van der Waals surface area contributed by atoms with E-state index < -0.39 is 12.0 Å². The van der Waals surface area contributed by atoms with E-state index in [-0.39, 0.29) is 22.4 Å². The normalized spacial score (nSPS) is 26.3. The van der Waals surface area contributed by atoms with Gasteiger partial charge in [0.1, 0.15) is 11.7 Å². The van der Waals surface area contributed by atoms with Gasteiger partial charge in [-0.3, -0.25) is 9.59 Å². The van der Waals surface area contributed by atoms with Crippen LogP contribution in [0.15, 0.2) is 6.07 Å². The molecular weight excluding hydrogens is 318 g/mol. The third-order valence-electron chi connectivity index (χ3n) is 4.35. The maximum atomic E-state index is 12.6. The molecule has 1 aromatic rings. The van der Waals surface area contributed by atoms with Crippen LogP contribution >= 0.6 is 11.8 Å². The molecule has 0 aromatic carbocycles. The lowest BCUT2D eigenvalue weighted by Gasteiger charge is -2.29. The number of thioether (sulfide) groups is 1. The van der Waals surface area contributed by atoms with E-state index >= 15 is 0 Å². The highest BCUT2D eigenvalue weighted by atomic mass is 32.2. The lowest BCUT2D eigenvalue weighted by atomic mass is 10.2. The number of nitrogens with zero attached hydrogens (tertiary/aromatic N) is 1. The van der Waals surface area contributed by atoms with Crippen molar-refractivity contribution >= 4 is 35.2 Å². The molecule has 3 heterocycles. The Balaban J connectivity index is 1.81. The van der Waals surface area contributed by atoms with Crippen molar-refractivity contribution < 1.29 is 19.1 Å². The number of carbonyl (C=O) groups is 3. The number of aryl methyl sites for hydroxylation is 1. The van der Waals surface area contributed by atoms with Crippen LogP contribution in [0.3, 0.4) is 0 Å². The summed E-state index contributed by atoms with van der Waals surface area (Å²) in [4.78, 5) is 40.8. The first-order valence-electron chi connectivity index (χ1n) is 7.40. The summed E-state index contributed by atoms with van der Waals surface area (Å²) in [5.74, 6) is -0.251. The molecule has 2 aliphatic rings. The Kier molecular flexibility index (Phi) is 3.87. The Morgan fingerprint density at radius 2 is 2.26 bits per heavy atom. The number of aromatic amines is 1. The van der Waals surface area contributed by atoms with Gasteiger partial charge in [0.2, 0.25) is 11.8 Å². The zero-order valence-corrected chi connectivity index (χ0v) is 14.1. The van der Waals surface area contributed by atoms with Crippen LogP contribution in [0.25, 0.3) is 0 Å². The van der Waals surface area contributed by atoms with Gasteiger partial charge in [-0.25, -0.2) is 4.79 Å². The molecule has 2 N–H and O–H groups in total. The third-order valence-corrected chi connectivity index (χ3v) is 5.85. The van der Waals surface area contributed by atoms with Crippen molar-refractivity contribution in [2.45, 2.75) is 37.6 Å². The zero-order valence-electron chi connectivity index (χ0n) is 13.3. The van der Waals surface area contributed by atoms with Crippen molar-refractivity contribution in [3.8, 4) is 0 Å². The average molecular weight is 337 g/mol. The molecule has 0 unspecified atom stereocenters. The number of carbonyl (C=O) groups excluding carboxylic acids is 3. The predicted octanol–water partition coefficient (Wildman–Crippen LogP) is 1.50. The number of anilines is 1. The van der Waals surface area contributed by atoms with Gasteiger partial charge >= 0.3 is 5.97 Å². The van der Waals surface area contributed by atoms with Gasteiger partial charge < -0.3 is 19.9 Å². The number of aromatic nitrogens is 1. The van der Waals surface area contributed by atoms with E-state index in [1.165, 1.54) is 7.11 Å². The number of esters is 1. The quantitative estimate of drug-likeness (QED) is 0.816. The molecule has 2 amide bonds. The van der Waals surface area contributed by atoms with Crippen LogP contribution in [0.4, 0.5) is 5.69 Å². The van der Waals surface area contributed by atoms with E-state index in [4.69, 9.17) is 4.74 Å². The van der Waals surface area contributed by atoms with Crippen molar-refractivity contribution in [2.24, 2.45) is 0 Å². The molecule has 23 heavy (non-hydrogen) atoms. The molecule has 2 saturated heterocycles. The van der Waals surface area contributed by atoms with Gasteiger partial charge in [-0.15, -0.1) is 11.8 Å². The molecule has 2 fully saturated rings. The van der Waals surface area contributed by atoms with Crippen LogP contribution in [0.1, 0.15) is 35.9 Å². The lowest BCUT2D eigenvalue weighted by molar-refractivity contribution is -0.135. The van der Waals surface area contributed by atoms with Crippen LogP contribution in [-0.4, -0.2) is 51.4 Å². The van der Waals surface area contributed by atoms with Crippen molar-refractivity contribution in [1.29, 1.82) is 0 Å². The van der Waals surface area contributed by atoms with Crippen LogP contribution in [0.2, 0.25) is 0 Å². The molecule has 7 nitrogen and oxygen atoms in total. The second-order valence-corrected chi connectivity index (χ2v) is 7.49. The number of H-pyrrole nitrogens is 1. The number of ether oxygens (including phenoxy) is 1. The highest BCUT2D eigenvalue weighted by Crippen LogP contribution is 2.47. The minimum Gasteiger partial charge on any atom is -0.464 e. The Morgan fingerprint density at radius 1 is 1.52 bits per heavy atom. The summed E-state index contributed by atoms with van der Waals surface area (Å²) in [6, 6.07) is 1.16. The SMILES string of the molecule is COC(=O)c1[nH]c(C)cc1NC(=O)[C@@H]1CS[C@@]2(C)CCC(=O)N12. The molecular formula is C15H19N3O4S. The van der Waals surface area contributed by atoms with E-state index in [0.29, 0.717) is 17.9 Å². The molecule has 0 bridgehead atoms. The Morgan fingerprint density at radius 3 is 2.96 bits per heavy atom. The third kappa shape index (κ3) is 2.60. The molecule has 1 aromatic heterocycles. The van der Waals surface area contributed by atoms with Crippen molar-refractivity contribution in [3.05, 3.63) is 17.5 Å². The summed E-state index contributed by atoms with van der Waals surface area (Å²) in [6.45, 7) is 3.78. The van der Waals surface area contributed by atoms with Gasteiger partial charge in [0.25, 0.3) is 0 Å². The van der Waals surface area contributed by atoms with Crippen molar-refractivity contribution in [3.63, 3.8) is 0 Å². The van der Waals surface area contributed by atoms with E-state index in [9.17, 15) is 14.4 Å². The van der Waals surface area contributed by atoms with Gasteiger partial charge in [0, 0.05) is 17.9 Å². The summed E-state index contributed by atoms with van der Waals surface area (Å²) < 4.78 is 4.71. The molecule has 2 aliphatic heterocycles.